The van der Waals surface area contributed by atoms with Crippen LogP contribution < -0.4 is 5.32 Å². The minimum absolute atomic E-state index is 0.765. The predicted octanol–water partition coefficient (Wildman–Crippen LogP) is 3.30. The first kappa shape index (κ1) is 12.0. The minimum Gasteiger partial charge on any atom is -0.381 e. The number of hydrogen-bond acceptors (Lipinski definition) is 2. The molecule has 0 radical (unpaired) electrons. The molecule has 1 heterocycles. The average Bonchev–Trinajstić information content (AvgIpc) is 2.62. The molecule has 0 spiro atoms. The molecule has 0 aliphatic carbocycles. The second-order valence-electron chi connectivity index (χ2n) is 4.14. The molecule has 0 aliphatic rings. The molecular formula is C13H16ClN3. The zero-order chi connectivity index (χ0) is 12.4. The molecule has 0 bridgehead atoms. The quantitative estimate of drug-likeness (QED) is 0.905. The first-order chi connectivity index (χ1) is 8.09. The van der Waals surface area contributed by atoms with E-state index >= 15 is 0 Å². The number of benzene rings is 1. The van der Waals surface area contributed by atoms with E-state index in [-0.39, 0.29) is 0 Å². The van der Waals surface area contributed by atoms with Crippen molar-refractivity contribution in [3.05, 3.63) is 46.2 Å². The number of hydrogen-bond donors (Lipinski definition) is 1. The fourth-order valence-corrected chi connectivity index (χ4v) is 1.88. The summed E-state index contributed by atoms with van der Waals surface area (Å²) >= 11 is 6.07. The van der Waals surface area contributed by atoms with Gasteiger partial charge in [-0.3, -0.25) is 4.68 Å². The van der Waals surface area contributed by atoms with Crippen LogP contribution in [-0.2, 0) is 13.6 Å². The normalized spacial score (nSPS) is 10.6. The van der Waals surface area contributed by atoms with Gasteiger partial charge in [0.15, 0.2) is 0 Å². The lowest BCUT2D eigenvalue weighted by atomic mass is 10.2. The van der Waals surface area contributed by atoms with Gasteiger partial charge in [-0.15, -0.1) is 0 Å². The van der Waals surface area contributed by atoms with Crippen LogP contribution in [0.3, 0.4) is 0 Å². The van der Waals surface area contributed by atoms with Gasteiger partial charge in [-0.1, -0.05) is 17.7 Å². The van der Waals surface area contributed by atoms with E-state index in [2.05, 4.69) is 17.3 Å². The molecule has 0 amide bonds. The smallest absolute Gasteiger partial charge is 0.0542 e. The highest BCUT2D eigenvalue weighted by atomic mass is 35.5. The molecule has 4 heteroatoms. The van der Waals surface area contributed by atoms with Crippen LogP contribution in [0.1, 0.15) is 16.8 Å². The largest absolute Gasteiger partial charge is 0.381 e. The van der Waals surface area contributed by atoms with Gasteiger partial charge < -0.3 is 5.32 Å². The lowest BCUT2D eigenvalue weighted by molar-refractivity contribution is 0.738. The van der Waals surface area contributed by atoms with Crippen LogP contribution in [0.5, 0.6) is 0 Å². The van der Waals surface area contributed by atoms with E-state index in [9.17, 15) is 0 Å². The number of aryl methyl sites for hydroxylation is 1. The number of anilines is 1. The van der Waals surface area contributed by atoms with E-state index in [1.54, 1.807) is 0 Å². The fourth-order valence-electron chi connectivity index (χ4n) is 1.71. The van der Waals surface area contributed by atoms with Gasteiger partial charge in [0.25, 0.3) is 0 Å². The van der Waals surface area contributed by atoms with Gasteiger partial charge in [-0.25, -0.2) is 0 Å². The molecule has 0 saturated carbocycles. The van der Waals surface area contributed by atoms with Gasteiger partial charge in [0.05, 0.1) is 6.20 Å². The predicted molar refractivity (Wildman–Crippen MR) is 71.5 cm³/mol. The highest BCUT2D eigenvalue weighted by Gasteiger charge is 2.05. The standard InChI is InChI=1S/C13H16ClN3/c1-9-12(14)5-4-6-13(9)15-7-11-8-16-17(3)10(11)2/h4-6,8,15H,7H2,1-3H3. The molecule has 1 N–H and O–H groups in total. The Bertz CT molecular complexity index is 531. The van der Waals surface area contributed by atoms with Crippen molar-refractivity contribution < 1.29 is 0 Å². The zero-order valence-corrected chi connectivity index (χ0v) is 11.0. The van der Waals surface area contributed by atoms with Crippen molar-refractivity contribution in [2.45, 2.75) is 20.4 Å². The summed E-state index contributed by atoms with van der Waals surface area (Å²) in [5, 5.41) is 8.40. The molecule has 3 nitrogen and oxygen atoms in total. The highest BCUT2D eigenvalue weighted by Crippen LogP contribution is 2.23. The van der Waals surface area contributed by atoms with Gasteiger partial charge in [-0.2, -0.15) is 5.10 Å². The number of nitrogens with zero attached hydrogens (tertiary/aromatic N) is 2. The summed E-state index contributed by atoms with van der Waals surface area (Å²) < 4.78 is 1.88. The van der Waals surface area contributed by atoms with E-state index < -0.39 is 0 Å². The van der Waals surface area contributed by atoms with Gasteiger partial charge in [-0.05, 0) is 31.5 Å². The fraction of sp³-hybridized carbons (Fsp3) is 0.308. The molecule has 2 aromatic rings. The maximum Gasteiger partial charge on any atom is 0.0542 e. The topological polar surface area (TPSA) is 29.9 Å². The van der Waals surface area contributed by atoms with Crippen LogP contribution in [0.2, 0.25) is 5.02 Å². The molecule has 0 unspecified atom stereocenters. The van der Waals surface area contributed by atoms with Crippen molar-refractivity contribution in [3.8, 4) is 0 Å². The van der Waals surface area contributed by atoms with Crippen molar-refractivity contribution >= 4 is 17.3 Å². The summed E-state index contributed by atoms with van der Waals surface area (Å²) in [7, 11) is 1.95. The van der Waals surface area contributed by atoms with Crippen LogP contribution in [-0.4, -0.2) is 9.78 Å². The summed E-state index contributed by atoms with van der Waals surface area (Å²) in [5.41, 5.74) is 4.53. The van der Waals surface area contributed by atoms with Crippen LogP contribution >= 0.6 is 11.6 Å². The Morgan fingerprint density at radius 2 is 2.12 bits per heavy atom. The lowest BCUT2D eigenvalue weighted by Gasteiger charge is -2.10. The molecule has 17 heavy (non-hydrogen) atoms. The molecule has 1 aromatic heterocycles. The third-order valence-corrected chi connectivity index (χ3v) is 3.48. The number of aromatic nitrogens is 2. The maximum atomic E-state index is 6.07. The number of halogens is 1. The van der Waals surface area contributed by atoms with E-state index in [4.69, 9.17) is 11.6 Å². The van der Waals surface area contributed by atoms with E-state index in [0.29, 0.717) is 0 Å². The van der Waals surface area contributed by atoms with Gasteiger partial charge in [0.1, 0.15) is 0 Å². The molecule has 1 aromatic carbocycles. The van der Waals surface area contributed by atoms with Crippen molar-refractivity contribution in [1.29, 1.82) is 0 Å². The lowest BCUT2D eigenvalue weighted by Crippen LogP contribution is -2.02. The van der Waals surface area contributed by atoms with E-state index in [1.807, 2.05) is 43.0 Å². The second-order valence-corrected chi connectivity index (χ2v) is 4.55. The second kappa shape index (κ2) is 4.80. The molecule has 2 rings (SSSR count). The Morgan fingerprint density at radius 1 is 1.35 bits per heavy atom. The van der Waals surface area contributed by atoms with Gasteiger partial charge in [0.2, 0.25) is 0 Å². The van der Waals surface area contributed by atoms with Crippen molar-refractivity contribution in [2.24, 2.45) is 7.05 Å². The van der Waals surface area contributed by atoms with Crippen molar-refractivity contribution in [3.63, 3.8) is 0 Å². The first-order valence-electron chi connectivity index (χ1n) is 5.56. The molecule has 0 atom stereocenters. The van der Waals surface area contributed by atoms with E-state index in [0.717, 1.165) is 22.8 Å². The van der Waals surface area contributed by atoms with E-state index in [1.165, 1.54) is 11.3 Å². The van der Waals surface area contributed by atoms with Gasteiger partial charge >= 0.3 is 0 Å². The van der Waals surface area contributed by atoms with Gasteiger partial charge in [0, 0.05) is 35.6 Å². The Hall–Kier alpha value is -1.48. The van der Waals surface area contributed by atoms with Crippen LogP contribution in [0, 0.1) is 13.8 Å². The summed E-state index contributed by atoms with van der Waals surface area (Å²) in [6, 6.07) is 5.89. The first-order valence-corrected chi connectivity index (χ1v) is 5.94. The SMILES string of the molecule is Cc1c(Cl)cccc1NCc1cnn(C)c1C. The number of nitrogens with one attached hydrogen (secondary N) is 1. The molecule has 0 fully saturated rings. The Balaban J connectivity index is 2.13. The summed E-state index contributed by atoms with van der Waals surface area (Å²) in [5.74, 6) is 0. The summed E-state index contributed by atoms with van der Waals surface area (Å²) in [6.45, 7) is 4.84. The Labute approximate surface area is 106 Å². The van der Waals surface area contributed by atoms with Crippen molar-refractivity contribution in [2.75, 3.05) is 5.32 Å². The van der Waals surface area contributed by atoms with Crippen LogP contribution in [0.4, 0.5) is 5.69 Å². The number of rotatable bonds is 3. The minimum atomic E-state index is 0.765. The molecule has 0 saturated heterocycles. The molecule has 90 valence electrons. The Morgan fingerprint density at radius 3 is 2.76 bits per heavy atom. The Kier molecular flexibility index (Phi) is 3.38. The van der Waals surface area contributed by atoms with Crippen LogP contribution in [0.15, 0.2) is 24.4 Å². The van der Waals surface area contributed by atoms with Crippen molar-refractivity contribution in [1.82, 2.24) is 9.78 Å². The van der Waals surface area contributed by atoms with Crippen LogP contribution in [0.25, 0.3) is 0 Å². The highest BCUT2D eigenvalue weighted by molar-refractivity contribution is 6.31. The summed E-state index contributed by atoms with van der Waals surface area (Å²) in [4.78, 5) is 0. The monoisotopic (exact) mass is 249 g/mol. The zero-order valence-electron chi connectivity index (χ0n) is 10.3. The summed E-state index contributed by atoms with van der Waals surface area (Å²) in [6.07, 6.45) is 1.89. The third kappa shape index (κ3) is 2.44. The molecular weight excluding hydrogens is 234 g/mol. The third-order valence-electron chi connectivity index (χ3n) is 3.07. The average molecular weight is 250 g/mol. The maximum absolute atomic E-state index is 6.07. The molecule has 0 aliphatic heterocycles.